The number of likely N-dealkylation sites (tertiary alicyclic amines) is 1. The Labute approximate surface area is 146 Å². The molecule has 25 heavy (non-hydrogen) atoms. The van der Waals surface area contributed by atoms with Gasteiger partial charge in [-0.05, 0) is 57.2 Å². The van der Waals surface area contributed by atoms with Gasteiger partial charge in [0.2, 0.25) is 0 Å². The molecule has 0 aliphatic carbocycles. The van der Waals surface area contributed by atoms with E-state index in [0.29, 0.717) is 30.8 Å². The molecule has 3 N–H and O–H groups in total. The molecular formula is C18H24N4O3. The summed E-state index contributed by atoms with van der Waals surface area (Å²) in [5.41, 5.74) is 0.559. The topological polar surface area (TPSA) is 102 Å². The number of H-pyrrole nitrogens is 2. The average molecular weight is 344 g/mol. The third-order valence-electron chi connectivity index (χ3n) is 4.55. The van der Waals surface area contributed by atoms with E-state index in [0.717, 1.165) is 18.4 Å². The van der Waals surface area contributed by atoms with Gasteiger partial charge in [-0.1, -0.05) is 12.1 Å². The molecule has 2 aromatic rings. The number of aryl methyl sites for hydroxylation is 1. The van der Waals surface area contributed by atoms with Gasteiger partial charge in [-0.3, -0.25) is 9.78 Å². The molecule has 1 atom stereocenters. The smallest absolute Gasteiger partial charge is 0.340 e. The maximum atomic E-state index is 12.9. The summed E-state index contributed by atoms with van der Waals surface area (Å²) in [6.07, 6.45) is 3.00. The molecule has 0 spiro atoms. The fourth-order valence-corrected chi connectivity index (χ4v) is 3.21. The standard InChI is InChI=1S/C18H24N4O3/c1-18(2,25)9-8-12-5-3-6-13(11-12)16(23)22-10-4-7-14(22)15-19-17(24)21-20-15/h3,5-6,11,14,25H,4,7-10H2,1-2H3,(H2,19,20,21,24)/t14-/m1/s1. The van der Waals surface area contributed by atoms with Gasteiger partial charge in [-0.15, -0.1) is 0 Å². The van der Waals surface area contributed by atoms with Crippen molar-refractivity contribution in [2.24, 2.45) is 0 Å². The largest absolute Gasteiger partial charge is 0.390 e. The van der Waals surface area contributed by atoms with E-state index in [-0.39, 0.29) is 17.6 Å². The zero-order chi connectivity index (χ0) is 18.0. The Bertz CT molecular complexity index is 803. The van der Waals surface area contributed by atoms with Crippen molar-refractivity contribution in [2.45, 2.75) is 51.2 Å². The third-order valence-corrected chi connectivity index (χ3v) is 4.55. The van der Waals surface area contributed by atoms with E-state index in [1.54, 1.807) is 24.8 Å². The lowest BCUT2D eigenvalue weighted by Gasteiger charge is -2.23. The van der Waals surface area contributed by atoms with E-state index in [1.807, 2.05) is 18.2 Å². The van der Waals surface area contributed by atoms with E-state index in [4.69, 9.17) is 0 Å². The molecule has 1 aliphatic heterocycles. The van der Waals surface area contributed by atoms with Crippen molar-refractivity contribution in [2.75, 3.05) is 6.54 Å². The van der Waals surface area contributed by atoms with Crippen molar-refractivity contribution in [3.8, 4) is 0 Å². The molecule has 134 valence electrons. The van der Waals surface area contributed by atoms with E-state index in [2.05, 4.69) is 15.2 Å². The quantitative estimate of drug-likeness (QED) is 0.769. The van der Waals surface area contributed by atoms with Crippen LogP contribution in [-0.4, -0.2) is 43.2 Å². The number of hydrogen-bond donors (Lipinski definition) is 3. The van der Waals surface area contributed by atoms with Crippen molar-refractivity contribution >= 4 is 5.91 Å². The van der Waals surface area contributed by atoms with Crippen LogP contribution in [0.15, 0.2) is 29.1 Å². The Hall–Kier alpha value is -2.41. The molecule has 0 saturated carbocycles. The molecule has 1 amide bonds. The Morgan fingerprint density at radius 2 is 2.24 bits per heavy atom. The molecule has 0 radical (unpaired) electrons. The SMILES string of the molecule is CC(C)(O)CCc1cccc(C(=O)N2CCC[C@@H]2c2n[nH]c(=O)[nH]2)c1. The number of aromatic nitrogens is 3. The van der Waals surface area contributed by atoms with Crippen LogP contribution in [-0.2, 0) is 6.42 Å². The molecular weight excluding hydrogens is 320 g/mol. The molecule has 2 heterocycles. The molecule has 1 aliphatic rings. The number of nitrogens with zero attached hydrogens (tertiary/aromatic N) is 2. The Morgan fingerprint density at radius 3 is 2.92 bits per heavy atom. The number of carbonyl (C=O) groups excluding carboxylic acids is 1. The van der Waals surface area contributed by atoms with Gasteiger partial charge in [0.1, 0.15) is 0 Å². The first-order valence-corrected chi connectivity index (χ1v) is 8.60. The second-order valence-electron chi connectivity index (χ2n) is 7.23. The number of rotatable bonds is 5. The predicted molar refractivity (Wildman–Crippen MR) is 93.3 cm³/mol. The lowest BCUT2D eigenvalue weighted by Crippen LogP contribution is -2.31. The first-order valence-electron chi connectivity index (χ1n) is 8.60. The lowest BCUT2D eigenvalue weighted by atomic mass is 9.97. The molecule has 1 saturated heterocycles. The second kappa shape index (κ2) is 6.84. The summed E-state index contributed by atoms with van der Waals surface area (Å²) in [5, 5.41) is 16.2. The van der Waals surface area contributed by atoms with Crippen LogP contribution >= 0.6 is 0 Å². The third kappa shape index (κ3) is 4.17. The number of nitrogens with one attached hydrogen (secondary N) is 2. The van der Waals surface area contributed by atoms with Crippen molar-refractivity contribution in [3.63, 3.8) is 0 Å². The van der Waals surface area contributed by atoms with E-state index >= 15 is 0 Å². The van der Waals surface area contributed by atoms with Gasteiger partial charge in [-0.2, -0.15) is 5.10 Å². The van der Waals surface area contributed by atoms with E-state index < -0.39 is 5.60 Å². The van der Waals surface area contributed by atoms with Crippen LogP contribution in [0.4, 0.5) is 0 Å². The molecule has 0 bridgehead atoms. The number of benzene rings is 1. The van der Waals surface area contributed by atoms with Crippen molar-refractivity contribution in [1.29, 1.82) is 0 Å². The van der Waals surface area contributed by atoms with E-state index in [1.165, 1.54) is 0 Å². The number of aromatic amines is 2. The normalized spacial score (nSPS) is 17.9. The molecule has 1 fully saturated rings. The van der Waals surface area contributed by atoms with E-state index in [9.17, 15) is 14.7 Å². The molecule has 1 aromatic carbocycles. The summed E-state index contributed by atoms with van der Waals surface area (Å²) in [5.74, 6) is 0.450. The van der Waals surface area contributed by atoms with Gasteiger partial charge >= 0.3 is 5.69 Å². The molecule has 7 nitrogen and oxygen atoms in total. The first-order chi connectivity index (χ1) is 11.8. The van der Waals surface area contributed by atoms with Crippen molar-refractivity contribution in [3.05, 3.63) is 51.7 Å². The summed E-state index contributed by atoms with van der Waals surface area (Å²) < 4.78 is 0. The second-order valence-corrected chi connectivity index (χ2v) is 7.23. The van der Waals surface area contributed by atoms with Crippen molar-refractivity contribution < 1.29 is 9.90 Å². The number of amides is 1. The van der Waals surface area contributed by atoms with Gasteiger partial charge in [0.15, 0.2) is 5.82 Å². The monoisotopic (exact) mass is 344 g/mol. The van der Waals surface area contributed by atoms with Gasteiger partial charge < -0.3 is 10.0 Å². The molecule has 3 rings (SSSR count). The van der Waals surface area contributed by atoms with Gasteiger partial charge in [0.05, 0.1) is 11.6 Å². The summed E-state index contributed by atoms with van der Waals surface area (Å²) in [4.78, 5) is 28.7. The summed E-state index contributed by atoms with van der Waals surface area (Å²) in [6.45, 7) is 4.20. The highest BCUT2D eigenvalue weighted by Gasteiger charge is 2.32. The van der Waals surface area contributed by atoms with Crippen LogP contribution in [0.5, 0.6) is 0 Å². The zero-order valence-corrected chi connectivity index (χ0v) is 14.6. The average Bonchev–Trinajstić information content (AvgIpc) is 3.20. The highest BCUT2D eigenvalue weighted by molar-refractivity contribution is 5.94. The summed E-state index contributed by atoms with van der Waals surface area (Å²) in [6, 6.07) is 7.32. The Morgan fingerprint density at radius 1 is 1.44 bits per heavy atom. The number of carbonyl (C=O) groups is 1. The maximum Gasteiger partial charge on any atom is 0.340 e. The molecule has 1 aromatic heterocycles. The minimum atomic E-state index is -0.730. The fourth-order valence-electron chi connectivity index (χ4n) is 3.21. The predicted octanol–water partition coefficient (Wildman–Crippen LogP) is 1.78. The van der Waals surface area contributed by atoms with Crippen LogP contribution in [0.25, 0.3) is 0 Å². The highest BCUT2D eigenvalue weighted by Crippen LogP contribution is 2.30. The minimum absolute atomic E-state index is 0.0588. The molecule has 0 unspecified atom stereocenters. The van der Waals surface area contributed by atoms with Crippen LogP contribution in [0.3, 0.4) is 0 Å². The lowest BCUT2D eigenvalue weighted by molar-refractivity contribution is 0.0714. The highest BCUT2D eigenvalue weighted by atomic mass is 16.3. The Balaban J connectivity index is 1.77. The zero-order valence-electron chi connectivity index (χ0n) is 14.6. The van der Waals surface area contributed by atoms with Gasteiger partial charge in [-0.25, -0.2) is 9.89 Å². The Kier molecular flexibility index (Phi) is 4.76. The number of aliphatic hydroxyl groups is 1. The van der Waals surface area contributed by atoms with Gasteiger partial charge in [0, 0.05) is 12.1 Å². The fraction of sp³-hybridized carbons (Fsp3) is 0.500. The van der Waals surface area contributed by atoms with Gasteiger partial charge in [0.25, 0.3) is 5.91 Å². The maximum absolute atomic E-state index is 12.9. The van der Waals surface area contributed by atoms with Crippen LogP contribution < -0.4 is 5.69 Å². The summed E-state index contributed by atoms with van der Waals surface area (Å²) >= 11 is 0. The summed E-state index contributed by atoms with van der Waals surface area (Å²) in [7, 11) is 0. The van der Waals surface area contributed by atoms with Crippen LogP contribution in [0, 0.1) is 0 Å². The van der Waals surface area contributed by atoms with Crippen LogP contribution in [0.2, 0.25) is 0 Å². The first kappa shape index (κ1) is 17.4. The number of hydrogen-bond acceptors (Lipinski definition) is 4. The van der Waals surface area contributed by atoms with Crippen LogP contribution in [0.1, 0.15) is 60.9 Å². The van der Waals surface area contributed by atoms with Crippen molar-refractivity contribution in [1.82, 2.24) is 20.1 Å². The minimum Gasteiger partial charge on any atom is -0.390 e. The molecule has 7 heteroatoms.